The summed E-state index contributed by atoms with van der Waals surface area (Å²) in [4.78, 5) is 25.0. The van der Waals surface area contributed by atoms with Crippen LogP contribution in [-0.4, -0.2) is 60.7 Å². The number of carbonyl (C=O) groups is 1. The van der Waals surface area contributed by atoms with E-state index in [2.05, 4.69) is 11.4 Å². The van der Waals surface area contributed by atoms with Crippen molar-refractivity contribution in [1.29, 1.82) is 0 Å². The molecule has 170 valence electrons. The highest BCUT2D eigenvalue weighted by atomic mass is 32.2. The van der Waals surface area contributed by atoms with Crippen molar-refractivity contribution in [1.82, 2.24) is 9.21 Å². The Kier molecular flexibility index (Phi) is 6.27. The summed E-state index contributed by atoms with van der Waals surface area (Å²) < 4.78 is 27.1. The highest BCUT2D eigenvalue weighted by molar-refractivity contribution is 7.89. The highest BCUT2D eigenvalue weighted by Gasteiger charge is 2.32. The lowest BCUT2D eigenvalue weighted by molar-refractivity contribution is -0.385. The van der Waals surface area contributed by atoms with Crippen LogP contribution in [0.25, 0.3) is 0 Å². The number of non-ortho nitro benzene ring substituents is 1. The van der Waals surface area contributed by atoms with Crippen LogP contribution in [-0.2, 0) is 27.7 Å². The molecule has 4 rings (SSSR count). The number of rotatable bonds is 6. The van der Waals surface area contributed by atoms with Gasteiger partial charge in [0.05, 0.1) is 15.9 Å². The van der Waals surface area contributed by atoms with Gasteiger partial charge in [-0.05, 0) is 55.5 Å². The van der Waals surface area contributed by atoms with Gasteiger partial charge in [0, 0.05) is 44.0 Å². The maximum absolute atomic E-state index is 12.9. The van der Waals surface area contributed by atoms with Crippen LogP contribution < -0.4 is 5.32 Å². The second-order valence-corrected chi connectivity index (χ2v) is 10.1. The maximum Gasteiger partial charge on any atom is 0.270 e. The molecule has 0 radical (unpaired) electrons. The van der Waals surface area contributed by atoms with E-state index in [0.29, 0.717) is 13.1 Å². The molecule has 1 heterocycles. The van der Waals surface area contributed by atoms with Gasteiger partial charge in [-0.1, -0.05) is 12.1 Å². The van der Waals surface area contributed by atoms with E-state index in [1.165, 1.54) is 33.6 Å². The quantitative estimate of drug-likeness (QED) is 0.525. The number of hydrogen-bond acceptors (Lipinski definition) is 6. The third kappa shape index (κ3) is 4.52. The molecule has 2 aliphatic rings. The fourth-order valence-corrected chi connectivity index (χ4v) is 5.76. The van der Waals surface area contributed by atoms with Gasteiger partial charge < -0.3 is 5.32 Å². The lowest BCUT2D eigenvalue weighted by atomic mass is 10.1. The van der Waals surface area contributed by atoms with Crippen LogP contribution >= 0.6 is 0 Å². The molecule has 0 spiro atoms. The van der Waals surface area contributed by atoms with Gasteiger partial charge in [0.1, 0.15) is 0 Å². The summed E-state index contributed by atoms with van der Waals surface area (Å²) in [6, 6.07) is 10.7. The molecule has 9 nitrogen and oxygen atoms in total. The summed E-state index contributed by atoms with van der Waals surface area (Å²) in [5, 5.41) is 14.0. The molecule has 1 atom stereocenters. The van der Waals surface area contributed by atoms with Crippen LogP contribution in [0, 0.1) is 10.1 Å². The number of piperazine rings is 1. The molecular weight excluding hydrogens is 432 g/mol. The molecule has 0 saturated carbocycles. The first-order chi connectivity index (χ1) is 15.3. The van der Waals surface area contributed by atoms with Crippen molar-refractivity contribution in [3.63, 3.8) is 0 Å². The summed E-state index contributed by atoms with van der Waals surface area (Å²) in [7, 11) is -3.84. The predicted molar refractivity (Wildman–Crippen MR) is 120 cm³/mol. The minimum absolute atomic E-state index is 0.0949. The zero-order chi connectivity index (χ0) is 22.9. The van der Waals surface area contributed by atoms with Crippen LogP contribution in [0.1, 0.15) is 24.5 Å². The fourth-order valence-electron chi connectivity index (χ4n) is 4.30. The molecule has 1 fully saturated rings. The number of nitro benzene ring substituents is 1. The number of fused-ring (bicyclic) bond motifs is 1. The molecule has 0 aromatic heterocycles. The van der Waals surface area contributed by atoms with Gasteiger partial charge in [0.2, 0.25) is 15.9 Å². The van der Waals surface area contributed by atoms with Crippen molar-refractivity contribution in [3.05, 3.63) is 63.7 Å². The Balaban J connectivity index is 1.37. The number of nitro groups is 1. The van der Waals surface area contributed by atoms with E-state index in [0.717, 1.165) is 31.0 Å². The zero-order valence-electron chi connectivity index (χ0n) is 17.9. The normalized spacial score (nSPS) is 18.2. The number of nitrogens with one attached hydrogen (secondary N) is 1. The smallest absolute Gasteiger partial charge is 0.270 e. The fraction of sp³-hybridized carbons (Fsp3) is 0.409. The second kappa shape index (κ2) is 8.97. The molecule has 2 aromatic carbocycles. The van der Waals surface area contributed by atoms with Crippen LogP contribution in [0.5, 0.6) is 0 Å². The molecule has 10 heteroatoms. The average molecular weight is 459 g/mol. The standard InChI is InChI=1S/C22H26N4O5S/c1-16(22(27)23-19-9-8-17-4-2-5-18(17)14-19)24-10-12-25(13-11-24)32(30,31)21-7-3-6-20(15-21)26(28)29/h3,6-9,14-16H,2,4-5,10-13H2,1H3,(H,23,27). The average Bonchev–Trinajstić information content (AvgIpc) is 3.26. The van der Waals surface area contributed by atoms with Crippen molar-refractivity contribution in [2.75, 3.05) is 31.5 Å². The Hall–Kier alpha value is -2.82. The predicted octanol–water partition coefficient (Wildman–Crippen LogP) is 2.42. The van der Waals surface area contributed by atoms with Crippen molar-refractivity contribution in [2.24, 2.45) is 0 Å². The van der Waals surface area contributed by atoms with Gasteiger partial charge in [-0.15, -0.1) is 0 Å². The van der Waals surface area contributed by atoms with Gasteiger partial charge in [0.25, 0.3) is 5.69 Å². The summed E-state index contributed by atoms with van der Waals surface area (Å²) >= 11 is 0. The van der Waals surface area contributed by atoms with Crippen LogP contribution in [0.2, 0.25) is 0 Å². The zero-order valence-corrected chi connectivity index (χ0v) is 18.7. The number of sulfonamides is 1. The van der Waals surface area contributed by atoms with E-state index in [4.69, 9.17) is 0 Å². The van der Waals surface area contributed by atoms with Crippen molar-refractivity contribution in [2.45, 2.75) is 37.1 Å². The molecular formula is C22H26N4O5S. The first kappa shape index (κ1) is 22.4. The first-order valence-electron chi connectivity index (χ1n) is 10.7. The second-order valence-electron chi connectivity index (χ2n) is 8.20. The number of nitrogens with zero attached hydrogens (tertiary/aromatic N) is 3. The van der Waals surface area contributed by atoms with Gasteiger partial charge in [0.15, 0.2) is 0 Å². The van der Waals surface area contributed by atoms with E-state index in [-0.39, 0.29) is 29.6 Å². The van der Waals surface area contributed by atoms with Crippen molar-refractivity contribution < 1.29 is 18.1 Å². The summed E-state index contributed by atoms with van der Waals surface area (Å²) in [6.07, 6.45) is 3.27. The monoisotopic (exact) mass is 458 g/mol. The van der Waals surface area contributed by atoms with E-state index in [9.17, 15) is 23.3 Å². The lowest BCUT2D eigenvalue weighted by Crippen LogP contribution is -2.53. The third-order valence-corrected chi connectivity index (χ3v) is 8.13. The van der Waals surface area contributed by atoms with Crippen LogP contribution in [0.15, 0.2) is 47.4 Å². The van der Waals surface area contributed by atoms with Crippen molar-refractivity contribution >= 4 is 27.3 Å². The Morgan fingerprint density at radius 3 is 2.50 bits per heavy atom. The largest absolute Gasteiger partial charge is 0.325 e. The topological polar surface area (TPSA) is 113 Å². The molecule has 2 aromatic rings. The van der Waals surface area contributed by atoms with Gasteiger partial charge >= 0.3 is 0 Å². The molecule has 1 aliphatic carbocycles. The Labute approximate surface area is 187 Å². The SMILES string of the molecule is CC(C(=O)Nc1ccc2c(c1)CCC2)N1CCN(S(=O)(=O)c2cccc([N+](=O)[O-])c2)CC1. The number of amides is 1. The summed E-state index contributed by atoms with van der Waals surface area (Å²) in [6.45, 7) is 3.02. The summed E-state index contributed by atoms with van der Waals surface area (Å²) in [5.74, 6) is -0.127. The Bertz CT molecular complexity index is 1140. The molecule has 1 unspecified atom stereocenters. The van der Waals surface area contributed by atoms with Crippen molar-refractivity contribution in [3.8, 4) is 0 Å². The Morgan fingerprint density at radius 2 is 1.78 bits per heavy atom. The minimum Gasteiger partial charge on any atom is -0.325 e. The molecule has 1 N–H and O–H groups in total. The maximum atomic E-state index is 12.9. The first-order valence-corrected chi connectivity index (χ1v) is 12.1. The summed E-state index contributed by atoms with van der Waals surface area (Å²) in [5.41, 5.74) is 3.16. The minimum atomic E-state index is -3.84. The van der Waals surface area contributed by atoms with E-state index < -0.39 is 21.0 Å². The lowest BCUT2D eigenvalue weighted by Gasteiger charge is -2.36. The molecule has 1 saturated heterocycles. The van der Waals surface area contributed by atoms with Crippen LogP contribution in [0.3, 0.4) is 0 Å². The number of carbonyl (C=O) groups excluding carboxylic acids is 1. The van der Waals surface area contributed by atoms with E-state index in [1.807, 2.05) is 24.0 Å². The molecule has 1 aliphatic heterocycles. The molecule has 32 heavy (non-hydrogen) atoms. The third-order valence-electron chi connectivity index (χ3n) is 6.23. The van der Waals surface area contributed by atoms with E-state index >= 15 is 0 Å². The van der Waals surface area contributed by atoms with Crippen LogP contribution in [0.4, 0.5) is 11.4 Å². The van der Waals surface area contributed by atoms with Gasteiger partial charge in [-0.25, -0.2) is 8.42 Å². The van der Waals surface area contributed by atoms with E-state index in [1.54, 1.807) is 0 Å². The van der Waals surface area contributed by atoms with Gasteiger partial charge in [-0.2, -0.15) is 4.31 Å². The highest BCUT2D eigenvalue weighted by Crippen LogP contribution is 2.26. The number of aryl methyl sites for hydroxylation is 2. The number of anilines is 1. The van der Waals surface area contributed by atoms with Gasteiger partial charge in [-0.3, -0.25) is 19.8 Å². The number of hydrogen-bond donors (Lipinski definition) is 1. The Morgan fingerprint density at radius 1 is 1.06 bits per heavy atom. The molecule has 0 bridgehead atoms. The molecule has 1 amide bonds. The number of benzene rings is 2.